The van der Waals surface area contributed by atoms with Gasteiger partial charge in [-0.25, -0.2) is 0 Å². The van der Waals surface area contributed by atoms with Crippen molar-refractivity contribution in [2.45, 2.75) is 0 Å². The van der Waals surface area contributed by atoms with Crippen LogP contribution >= 0.6 is 0 Å². The molecular formula is C60H39NO. The molecule has 2 heteroatoms. The second kappa shape index (κ2) is 14.8. The van der Waals surface area contributed by atoms with E-state index in [0.29, 0.717) is 0 Å². The molecule has 62 heavy (non-hydrogen) atoms. The van der Waals surface area contributed by atoms with Gasteiger partial charge in [0.15, 0.2) is 0 Å². The summed E-state index contributed by atoms with van der Waals surface area (Å²) in [7, 11) is 0. The Morgan fingerprint density at radius 3 is 1.52 bits per heavy atom. The summed E-state index contributed by atoms with van der Waals surface area (Å²) in [6, 6.07) is 85.5. The number of nitrogens with zero attached hydrogens (tertiary/aromatic N) is 1. The predicted molar refractivity (Wildman–Crippen MR) is 263 cm³/mol. The SMILES string of the molecule is c1ccc(-c2ccc3cc(N(c4ccc(-c5ccc6c(c5)c(-c5ccccc5)c(-c5ccccc5)c5ccccc56)cc4)c4cccc5oc6ccccc6c45)ccc3c2)cc1. The molecule has 12 aromatic rings. The quantitative estimate of drug-likeness (QED) is 0.150. The Balaban J connectivity index is 1.02. The molecule has 0 unspecified atom stereocenters. The van der Waals surface area contributed by atoms with Gasteiger partial charge in [0.2, 0.25) is 0 Å². The summed E-state index contributed by atoms with van der Waals surface area (Å²) in [5, 5.41) is 9.57. The summed E-state index contributed by atoms with van der Waals surface area (Å²) < 4.78 is 6.43. The molecule has 0 radical (unpaired) electrons. The Bertz CT molecular complexity index is 3610. The first-order chi connectivity index (χ1) is 30.7. The van der Waals surface area contributed by atoms with Gasteiger partial charge in [-0.05, 0) is 131 Å². The van der Waals surface area contributed by atoms with E-state index in [0.717, 1.165) is 44.6 Å². The first-order valence-corrected chi connectivity index (χ1v) is 21.2. The Labute approximate surface area is 360 Å². The van der Waals surface area contributed by atoms with Crippen LogP contribution in [0.3, 0.4) is 0 Å². The van der Waals surface area contributed by atoms with Crippen molar-refractivity contribution in [2.75, 3.05) is 4.90 Å². The van der Waals surface area contributed by atoms with E-state index in [4.69, 9.17) is 4.42 Å². The number of benzene rings is 11. The maximum atomic E-state index is 6.43. The lowest BCUT2D eigenvalue weighted by molar-refractivity contribution is 0.669. The third-order valence-corrected chi connectivity index (χ3v) is 12.4. The van der Waals surface area contributed by atoms with E-state index in [9.17, 15) is 0 Å². The molecule has 0 aliphatic carbocycles. The van der Waals surface area contributed by atoms with Crippen LogP contribution in [-0.2, 0) is 0 Å². The predicted octanol–water partition coefficient (Wildman–Crippen LogP) is 17.2. The van der Waals surface area contributed by atoms with Crippen molar-refractivity contribution in [1.82, 2.24) is 0 Å². The maximum Gasteiger partial charge on any atom is 0.137 e. The fourth-order valence-electron chi connectivity index (χ4n) is 9.54. The standard InChI is InChI=1S/C60H39NO/c1-4-15-40(16-5-1)44-27-28-46-38-49(35-31-45(46)37-44)61(55-24-14-26-57-60(55)53-23-12-13-25-56(53)62-57)48-33-29-41(30-34-48)47-32-36-51-50-21-10-11-22-52(50)58(42-17-6-2-7-18-42)59(54(51)39-47)43-19-8-3-9-20-43/h1-39H. The van der Waals surface area contributed by atoms with Gasteiger partial charge < -0.3 is 9.32 Å². The number of hydrogen-bond acceptors (Lipinski definition) is 2. The summed E-state index contributed by atoms with van der Waals surface area (Å²) in [6.07, 6.45) is 0. The first kappa shape index (κ1) is 35.7. The molecule has 0 saturated heterocycles. The van der Waals surface area contributed by atoms with E-state index in [-0.39, 0.29) is 0 Å². The number of hydrogen-bond donors (Lipinski definition) is 0. The zero-order valence-corrected chi connectivity index (χ0v) is 33.9. The zero-order valence-electron chi connectivity index (χ0n) is 33.9. The minimum absolute atomic E-state index is 0.867. The van der Waals surface area contributed by atoms with Crippen molar-refractivity contribution in [3.63, 3.8) is 0 Å². The van der Waals surface area contributed by atoms with Crippen LogP contribution in [0.1, 0.15) is 0 Å². The van der Waals surface area contributed by atoms with Crippen LogP contribution in [0, 0.1) is 0 Å². The van der Waals surface area contributed by atoms with Crippen LogP contribution in [0.2, 0.25) is 0 Å². The maximum absolute atomic E-state index is 6.43. The van der Waals surface area contributed by atoms with Crippen LogP contribution in [0.5, 0.6) is 0 Å². The molecule has 0 bridgehead atoms. The lowest BCUT2D eigenvalue weighted by Gasteiger charge is -2.27. The summed E-state index contributed by atoms with van der Waals surface area (Å²) in [4.78, 5) is 2.38. The van der Waals surface area contributed by atoms with E-state index in [1.165, 1.54) is 71.3 Å². The van der Waals surface area contributed by atoms with Gasteiger partial charge in [0.05, 0.1) is 11.1 Å². The monoisotopic (exact) mass is 789 g/mol. The average molecular weight is 790 g/mol. The molecule has 12 rings (SSSR count). The normalized spacial score (nSPS) is 11.5. The highest BCUT2D eigenvalue weighted by Gasteiger charge is 2.21. The van der Waals surface area contributed by atoms with Crippen LogP contribution in [0.25, 0.3) is 98.8 Å². The van der Waals surface area contributed by atoms with Crippen molar-refractivity contribution >= 4 is 71.3 Å². The van der Waals surface area contributed by atoms with E-state index >= 15 is 0 Å². The summed E-state index contributed by atoms with van der Waals surface area (Å²) in [5.41, 5.74) is 14.6. The average Bonchev–Trinajstić information content (AvgIpc) is 3.74. The molecule has 0 N–H and O–H groups in total. The van der Waals surface area contributed by atoms with Crippen molar-refractivity contribution in [1.29, 1.82) is 0 Å². The molecule has 0 fully saturated rings. The lowest BCUT2D eigenvalue weighted by Crippen LogP contribution is -2.10. The number of rotatable bonds is 7. The molecule has 11 aromatic carbocycles. The third kappa shape index (κ3) is 6.04. The number of furan rings is 1. The van der Waals surface area contributed by atoms with Crippen molar-refractivity contribution in [2.24, 2.45) is 0 Å². The van der Waals surface area contributed by atoms with Crippen LogP contribution in [-0.4, -0.2) is 0 Å². The summed E-state index contributed by atoms with van der Waals surface area (Å²) in [6.45, 7) is 0. The fourth-order valence-corrected chi connectivity index (χ4v) is 9.54. The molecule has 1 aromatic heterocycles. The molecule has 0 aliphatic rings. The highest BCUT2D eigenvalue weighted by atomic mass is 16.3. The zero-order chi connectivity index (χ0) is 41.0. The van der Waals surface area contributed by atoms with E-state index in [1.54, 1.807) is 0 Å². The summed E-state index contributed by atoms with van der Waals surface area (Å²) in [5.74, 6) is 0. The minimum Gasteiger partial charge on any atom is -0.456 e. The Morgan fingerprint density at radius 1 is 0.274 bits per heavy atom. The van der Waals surface area contributed by atoms with Crippen molar-refractivity contribution < 1.29 is 4.42 Å². The highest BCUT2D eigenvalue weighted by Crippen LogP contribution is 2.47. The molecule has 0 amide bonds. The Kier molecular flexibility index (Phi) is 8.53. The first-order valence-electron chi connectivity index (χ1n) is 21.2. The minimum atomic E-state index is 0.867. The van der Waals surface area contributed by atoms with Gasteiger partial charge in [0.1, 0.15) is 11.2 Å². The van der Waals surface area contributed by atoms with Crippen molar-refractivity contribution in [3.8, 4) is 44.5 Å². The largest absolute Gasteiger partial charge is 0.456 e. The third-order valence-electron chi connectivity index (χ3n) is 12.4. The fraction of sp³-hybridized carbons (Fsp3) is 0. The van der Waals surface area contributed by atoms with Crippen molar-refractivity contribution in [3.05, 3.63) is 237 Å². The van der Waals surface area contributed by atoms with E-state index in [1.807, 2.05) is 6.07 Å². The molecule has 0 saturated carbocycles. The van der Waals surface area contributed by atoms with Gasteiger partial charge in [0, 0.05) is 16.8 Å². The molecule has 1 heterocycles. The van der Waals surface area contributed by atoms with Crippen LogP contribution < -0.4 is 4.90 Å². The number of para-hydroxylation sites is 1. The number of anilines is 3. The van der Waals surface area contributed by atoms with Gasteiger partial charge in [-0.2, -0.15) is 0 Å². The topological polar surface area (TPSA) is 16.4 Å². The molecule has 0 atom stereocenters. The lowest BCUT2D eigenvalue weighted by atomic mass is 9.84. The molecule has 0 spiro atoms. The molecular weight excluding hydrogens is 751 g/mol. The van der Waals surface area contributed by atoms with Gasteiger partial charge in [-0.1, -0.05) is 182 Å². The van der Waals surface area contributed by atoms with Crippen LogP contribution in [0.15, 0.2) is 241 Å². The van der Waals surface area contributed by atoms with E-state index in [2.05, 4.69) is 235 Å². The second-order valence-electron chi connectivity index (χ2n) is 16.0. The van der Waals surface area contributed by atoms with Crippen LogP contribution in [0.4, 0.5) is 17.1 Å². The van der Waals surface area contributed by atoms with Gasteiger partial charge >= 0.3 is 0 Å². The van der Waals surface area contributed by atoms with Gasteiger partial charge in [-0.15, -0.1) is 0 Å². The Morgan fingerprint density at radius 2 is 0.774 bits per heavy atom. The highest BCUT2D eigenvalue weighted by molar-refractivity contribution is 6.22. The second-order valence-corrected chi connectivity index (χ2v) is 16.0. The summed E-state index contributed by atoms with van der Waals surface area (Å²) >= 11 is 0. The Hall–Kier alpha value is -8.20. The molecule has 290 valence electrons. The smallest absolute Gasteiger partial charge is 0.137 e. The number of fused-ring (bicyclic) bond motifs is 7. The van der Waals surface area contributed by atoms with E-state index < -0.39 is 0 Å². The van der Waals surface area contributed by atoms with Gasteiger partial charge in [0.25, 0.3) is 0 Å². The molecule has 2 nitrogen and oxygen atoms in total. The van der Waals surface area contributed by atoms with Gasteiger partial charge in [-0.3, -0.25) is 0 Å². The molecule has 0 aliphatic heterocycles.